The third kappa shape index (κ3) is 3.06. The van der Waals surface area contributed by atoms with E-state index in [1.54, 1.807) is 6.20 Å². The molecule has 16 heavy (non-hydrogen) atoms. The molecule has 5 nitrogen and oxygen atoms in total. The number of carbonyl (C=O) groups is 1. The zero-order chi connectivity index (χ0) is 11.2. The van der Waals surface area contributed by atoms with E-state index < -0.39 is 0 Å². The molecule has 0 bridgehead atoms. The Hall–Kier alpha value is -1.36. The molecule has 2 N–H and O–H groups in total. The molecule has 1 aliphatic heterocycles. The van der Waals surface area contributed by atoms with Crippen LogP contribution in [-0.4, -0.2) is 34.8 Å². The van der Waals surface area contributed by atoms with Gasteiger partial charge in [-0.1, -0.05) is 0 Å². The maximum Gasteiger partial charge on any atom is 0.237 e. The summed E-state index contributed by atoms with van der Waals surface area (Å²) in [5.41, 5.74) is 0. The summed E-state index contributed by atoms with van der Waals surface area (Å²) in [7, 11) is 0. The second-order valence-corrected chi connectivity index (χ2v) is 4.06. The summed E-state index contributed by atoms with van der Waals surface area (Å²) in [6.07, 6.45) is 6.82. The Kier molecular flexibility index (Phi) is 3.93. The van der Waals surface area contributed by atoms with Crippen molar-refractivity contribution in [1.29, 1.82) is 0 Å². The fraction of sp³-hybridized carbons (Fsp3) is 0.636. The Morgan fingerprint density at radius 2 is 2.50 bits per heavy atom. The predicted molar refractivity (Wildman–Crippen MR) is 60.9 cm³/mol. The quantitative estimate of drug-likeness (QED) is 0.762. The van der Waals surface area contributed by atoms with Gasteiger partial charge in [-0.3, -0.25) is 9.48 Å². The fourth-order valence-corrected chi connectivity index (χ4v) is 1.92. The smallest absolute Gasteiger partial charge is 0.237 e. The van der Waals surface area contributed by atoms with Crippen LogP contribution in [0.4, 0.5) is 0 Å². The molecule has 1 aromatic rings. The van der Waals surface area contributed by atoms with Crippen LogP contribution in [0.5, 0.6) is 0 Å². The van der Waals surface area contributed by atoms with Crippen molar-refractivity contribution in [3.05, 3.63) is 18.5 Å². The average Bonchev–Trinajstić information content (AvgIpc) is 2.71. The van der Waals surface area contributed by atoms with Gasteiger partial charge in [0.15, 0.2) is 0 Å². The molecule has 5 heteroatoms. The molecular weight excluding hydrogens is 204 g/mol. The van der Waals surface area contributed by atoms with Crippen LogP contribution in [-0.2, 0) is 11.3 Å². The van der Waals surface area contributed by atoms with E-state index in [4.69, 9.17) is 0 Å². The van der Waals surface area contributed by atoms with Gasteiger partial charge in [-0.25, -0.2) is 0 Å². The number of amides is 1. The highest BCUT2D eigenvalue weighted by Gasteiger charge is 2.19. The highest BCUT2D eigenvalue weighted by molar-refractivity contribution is 5.81. The topological polar surface area (TPSA) is 59.0 Å². The minimum absolute atomic E-state index is 0.0296. The van der Waals surface area contributed by atoms with Gasteiger partial charge < -0.3 is 10.6 Å². The van der Waals surface area contributed by atoms with Crippen molar-refractivity contribution < 1.29 is 4.79 Å². The van der Waals surface area contributed by atoms with Gasteiger partial charge >= 0.3 is 0 Å². The second-order valence-electron chi connectivity index (χ2n) is 4.06. The molecular formula is C11H18N4O. The van der Waals surface area contributed by atoms with Gasteiger partial charge in [-0.05, 0) is 25.3 Å². The summed E-state index contributed by atoms with van der Waals surface area (Å²) in [6.45, 7) is 2.40. The summed E-state index contributed by atoms with van der Waals surface area (Å²) in [5.74, 6) is 0.137. The average molecular weight is 222 g/mol. The Morgan fingerprint density at radius 1 is 1.56 bits per heavy atom. The largest absolute Gasteiger partial charge is 0.355 e. The van der Waals surface area contributed by atoms with Crippen molar-refractivity contribution in [3.63, 3.8) is 0 Å². The van der Waals surface area contributed by atoms with E-state index in [9.17, 15) is 4.79 Å². The van der Waals surface area contributed by atoms with Crippen molar-refractivity contribution in [2.75, 3.05) is 13.1 Å². The van der Waals surface area contributed by atoms with Crippen LogP contribution in [0.25, 0.3) is 0 Å². The van der Waals surface area contributed by atoms with Crippen LogP contribution < -0.4 is 10.6 Å². The molecule has 1 fully saturated rings. The van der Waals surface area contributed by atoms with Crippen molar-refractivity contribution in [1.82, 2.24) is 20.4 Å². The minimum Gasteiger partial charge on any atom is -0.355 e. The zero-order valence-corrected chi connectivity index (χ0v) is 9.35. The first-order chi connectivity index (χ1) is 7.86. The lowest BCUT2D eigenvalue weighted by Gasteiger charge is -2.14. The van der Waals surface area contributed by atoms with E-state index in [-0.39, 0.29) is 11.9 Å². The van der Waals surface area contributed by atoms with Gasteiger partial charge in [0.25, 0.3) is 0 Å². The summed E-state index contributed by atoms with van der Waals surface area (Å²) >= 11 is 0. The van der Waals surface area contributed by atoms with Gasteiger partial charge in [0.1, 0.15) is 0 Å². The van der Waals surface area contributed by atoms with E-state index >= 15 is 0 Å². The summed E-state index contributed by atoms with van der Waals surface area (Å²) in [5, 5.41) is 10.3. The standard InChI is InChI=1S/C11H18N4O/c16-11-10(4-1-2-5-13-11)12-7-9-15-8-3-6-14-15/h3,6,8,10,12H,1-2,4-5,7,9H2,(H,13,16). The third-order valence-electron chi connectivity index (χ3n) is 2.83. The lowest BCUT2D eigenvalue weighted by Crippen LogP contribution is -2.43. The van der Waals surface area contributed by atoms with E-state index in [2.05, 4.69) is 15.7 Å². The van der Waals surface area contributed by atoms with Crippen LogP contribution in [0, 0.1) is 0 Å². The molecule has 1 saturated heterocycles. The van der Waals surface area contributed by atoms with Crippen LogP contribution in [0.1, 0.15) is 19.3 Å². The van der Waals surface area contributed by atoms with Crippen molar-refractivity contribution in [2.24, 2.45) is 0 Å². The van der Waals surface area contributed by atoms with E-state index in [0.717, 1.165) is 38.9 Å². The molecule has 0 radical (unpaired) electrons. The fourth-order valence-electron chi connectivity index (χ4n) is 1.92. The number of nitrogens with one attached hydrogen (secondary N) is 2. The van der Waals surface area contributed by atoms with Gasteiger partial charge in [0.05, 0.1) is 12.6 Å². The lowest BCUT2D eigenvalue weighted by molar-refractivity contribution is -0.122. The molecule has 1 atom stereocenters. The van der Waals surface area contributed by atoms with Gasteiger partial charge in [0, 0.05) is 25.5 Å². The van der Waals surface area contributed by atoms with Gasteiger partial charge in [0.2, 0.25) is 5.91 Å². The van der Waals surface area contributed by atoms with Crippen molar-refractivity contribution >= 4 is 5.91 Å². The van der Waals surface area contributed by atoms with Gasteiger partial charge in [-0.15, -0.1) is 0 Å². The number of aromatic nitrogens is 2. The summed E-state index contributed by atoms with van der Waals surface area (Å²) in [6, 6.07) is 1.87. The number of rotatable bonds is 4. The number of carbonyl (C=O) groups excluding carboxylic acids is 1. The lowest BCUT2D eigenvalue weighted by atomic mass is 10.1. The second kappa shape index (κ2) is 5.65. The Bertz CT molecular complexity index is 323. The molecule has 1 aliphatic rings. The van der Waals surface area contributed by atoms with E-state index in [0.29, 0.717) is 0 Å². The number of nitrogens with zero attached hydrogens (tertiary/aromatic N) is 2. The van der Waals surface area contributed by atoms with Crippen molar-refractivity contribution in [2.45, 2.75) is 31.8 Å². The maximum absolute atomic E-state index is 11.6. The molecule has 2 rings (SSSR count). The highest BCUT2D eigenvalue weighted by atomic mass is 16.2. The summed E-state index contributed by atoms with van der Waals surface area (Å²) in [4.78, 5) is 11.6. The van der Waals surface area contributed by atoms with Gasteiger partial charge in [-0.2, -0.15) is 5.10 Å². The van der Waals surface area contributed by atoms with Crippen LogP contribution in [0.15, 0.2) is 18.5 Å². The van der Waals surface area contributed by atoms with Crippen LogP contribution in [0.2, 0.25) is 0 Å². The predicted octanol–water partition coefficient (Wildman–Crippen LogP) is 0.141. The molecule has 0 aliphatic carbocycles. The molecule has 1 amide bonds. The van der Waals surface area contributed by atoms with E-state index in [1.807, 2.05) is 16.9 Å². The van der Waals surface area contributed by atoms with E-state index in [1.165, 1.54) is 0 Å². The van der Waals surface area contributed by atoms with Crippen LogP contribution >= 0.6 is 0 Å². The molecule has 2 heterocycles. The molecule has 1 aromatic heterocycles. The SMILES string of the molecule is O=C1NCCCCC1NCCn1cccn1. The first-order valence-corrected chi connectivity index (χ1v) is 5.85. The monoisotopic (exact) mass is 222 g/mol. The Labute approximate surface area is 95.2 Å². The zero-order valence-electron chi connectivity index (χ0n) is 9.35. The Balaban J connectivity index is 1.73. The molecule has 0 spiro atoms. The minimum atomic E-state index is -0.0296. The maximum atomic E-state index is 11.6. The van der Waals surface area contributed by atoms with Crippen LogP contribution in [0.3, 0.4) is 0 Å². The molecule has 0 aromatic carbocycles. The Morgan fingerprint density at radius 3 is 3.31 bits per heavy atom. The van der Waals surface area contributed by atoms with Crippen molar-refractivity contribution in [3.8, 4) is 0 Å². The first kappa shape index (κ1) is 11.1. The number of hydrogen-bond acceptors (Lipinski definition) is 3. The highest BCUT2D eigenvalue weighted by Crippen LogP contribution is 2.04. The normalized spacial score (nSPS) is 21.5. The first-order valence-electron chi connectivity index (χ1n) is 5.85. The molecule has 88 valence electrons. The summed E-state index contributed by atoms with van der Waals surface area (Å²) < 4.78 is 1.86. The third-order valence-corrected chi connectivity index (χ3v) is 2.83. The molecule has 0 saturated carbocycles. The molecule has 1 unspecified atom stereocenters. The number of hydrogen-bond donors (Lipinski definition) is 2.